The second-order valence-corrected chi connectivity index (χ2v) is 9.97. The summed E-state index contributed by atoms with van der Waals surface area (Å²) in [5.41, 5.74) is 1.21. The molecule has 0 spiro atoms. The van der Waals surface area contributed by atoms with Crippen LogP contribution in [0.1, 0.15) is 66.1 Å². The molecule has 4 heterocycles. The summed E-state index contributed by atoms with van der Waals surface area (Å²) in [5.74, 6) is -0.0433. The fourth-order valence-corrected chi connectivity index (χ4v) is 5.57. The lowest BCUT2D eigenvalue weighted by Gasteiger charge is -2.38. The van der Waals surface area contributed by atoms with Gasteiger partial charge in [0.1, 0.15) is 17.2 Å². The summed E-state index contributed by atoms with van der Waals surface area (Å²) < 4.78 is 55.3. The maximum Gasteiger partial charge on any atom is 0.573 e. The summed E-state index contributed by atoms with van der Waals surface area (Å²) in [7, 11) is 0. The number of aromatic carboxylic acids is 1. The third-order valence-corrected chi connectivity index (χ3v) is 7.40. The molecule has 3 atom stereocenters. The monoisotopic (exact) mass is 530 g/mol. The van der Waals surface area contributed by atoms with Gasteiger partial charge in [-0.05, 0) is 50.7 Å². The molecule has 2 bridgehead atoms. The maximum atomic E-state index is 13.0. The van der Waals surface area contributed by atoms with Crippen LogP contribution in [-0.2, 0) is 11.3 Å². The third-order valence-electron chi connectivity index (χ3n) is 7.40. The second kappa shape index (κ2) is 9.57. The molecule has 1 aromatic carbocycles. The molecule has 2 aromatic heterocycles. The Labute approximate surface area is 215 Å². The summed E-state index contributed by atoms with van der Waals surface area (Å²) in [6.45, 7) is 0.166. The largest absolute Gasteiger partial charge is 0.573 e. The predicted octanol–water partition coefficient (Wildman–Crippen LogP) is 5.32. The van der Waals surface area contributed by atoms with E-state index < -0.39 is 12.3 Å². The molecule has 0 amide bonds. The predicted molar refractivity (Wildman–Crippen MR) is 127 cm³/mol. The quantitative estimate of drug-likeness (QED) is 0.414. The molecule has 1 saturated carbocycles. The van der Waals surface area contributed by atoms with Crippen molar-refractivity contribution in [3.63, 3.8) is 0 Å². The number of piperidine rings is 1. The first kappa shape index (κ1) is 24.7. The van der Waals surface area contributed by atoms with Gasteiger partial charge in [-0.15, -0.1) is 13.2 Å². The van der Waals surface area contributed by atoms with Crippen molar-refractivity contribution >= 4 is 11.9 Å². The number of hydrogen-bond acceptors (Lipinski definition) is 8. The third kappa shape index (κ3) is 4.92. The van der Waals surface area contributed by atoms with E-state index >= 15 is 0 Å². The summed E-state index contributed by atoms with van der Waals surface area (Å²) in [6.07, 6.45) is 2.96. The molecule has 2 aliphatic heterocycles. The zero-order valence-corrected chi connectivity index (χ0v) is 20.2. The Morgan fingerprint density at radius 3 is 2.39 bits per heavy atom. The summed E-state index contributed by atoms with van der Waals surface area (Å²) in [4.78, 5) is 21.8. The first-order valence-corrected chi connectivity index (χ1v) is 12.6. The number of carboxylic acid groups (broad SMARTS) is 1. The number of carboxylic acids is 1. The molecule has 3 fully saturated rings. The van der Waals surface area contributed by atoms with Gasteiger partial charge in [0.25, 0.3) is 0 Å². The Balaban J connectivity index is 1.19. The van der Waals surface area contributed by atoms with E-state index in [1.54, 1.807) is 6.07 Å². The minimum Gasteiger partial charge on any atom is -0.478 e. The van der Waals surface area contributed by atoms with E-state index in [9.17, 15) is 18.0 Å². The van der Waals surface area contributed by atoms with Gasteiger partial charge in [0.05, 0.1) is 18.3 Å². The SMILES string of the molecule is O=C(O)c1cnc(N2C3CC[C@H]2CC(OCc2c(-c4ccccc4OC(F)(F)F)noc2C2CC2)C3)nc1. The molecule has 12 heteroatoms. The average molecular weight is 531 g/mol. The molecule has 1 aliphatic carbocycles. The lowest BCUT2D eigenvalue weighted by Crippen LogP contribution is -2.46. The number of halogens is 3. The van der Waals surface area contributed by atoms with Crippen LogP contribution in [0, 0.1) is 0 Å². The van der Waals surface area contributed by atoms with Crippen molar-refractivity contribution in [2.24, 2.45) is 0 Å². The second-order valence-electron chi connectivity index (χ2n) is 9.97. The van der Waals surface area contributed by atoms with Gasteiger partial charge in [-0.1, -0.05) is 17.3 Å². The first-order chi connectivity index (χ1) is 18.3. The van der Waals surface area contributed by atoms with Crippen LogP contribution in [0.15, 0.2) is 41.2 Å². The first-order valence-electron chi connectivity index (χ1n) is 12.6. The molecule has 6 rings (SSSR count). The minimum absolute atomic E-state index is 0.0394. The highest BCUT2D eigenvalue weighted by Crippen LogP contribution is 2.46. The highest BCUT2D eigenvalue weighted by molar-refractivity contribution is 5.86. The standard InChI is InChI=1S/C26H25F3N4O5/c27-26(28,29)37-21-4-2-1-3-19(21)22-20(23(38-32-22)14-5-6-14)13-36-18-9-16-7-8-17(10-18)33(16)25-30-11-15(12-31-25)24(34)35/h1-4,11-12,14,16-18H,5-10,13H2,(H,34,35)/t16-,17?,18?/m0/s1. The summed E-state index contributed by atoms with van der Waals surface area (Å²) in [5, 5.41) is 13.3. The fraction of sp³-hybridized carbons (Fsp3) is 0.462. The van der Waals surface area contributed by atoms with Crippen LogP contribution in [0.3, 0.4) is 0 Å². The Bertz CT molecular complexity index is 1310. The van der Waals surface area contributed by atoms with Crippen molar-refractivity contribution in [3.8, 4) is 17.0 Å². The Morgan fingerprint density at radius 2 is 1.76 bits per heavy atom. The normalized spacial score (nSPS) is 23.0. The van der Waals surface area contributed by atoms with Crippen molar-refractivity contribution < 1.29 is 37.1 Å². The highest BCUT2D eigenvalue weighted by Gasteiger charge is 2.43. The van der Waals surface area contributed by atoms with Crippen molar-refractivity contribution in [2.75, 3.05) is 4.90 Å². The van der Waals surface area contributed by atoms with Gasteiger partial charge in [-0.3, -0.25) is 0 Å². The maximum absolute atomic E-state index is 13.0. The molecule has 9 nitrogen and oxygen atoms in total. The highest BCUT2D eigenvalue weighted by atomic mass is 19.4. The number of para-hydroxylation sites is 1. The number of aromatic nitrogens is 3. The smallest absolute Gasteiger partial charge is 0.478 e. The molecular formula is C26H25F3N4O5. The summed E-state index contributed by atoms with van der Waals surface area (Å²) in [6, 6.07) is 6.21. The number of anilines is 1. The zero-order chi connectivity index (χ0) is 26.4. The molecule has 1 N–H and O–H groups in total. The van der Waals surface area contributed by atoms with Crippen molar-refractivity contribution in [3.05, 3.63) is 53.5 Å². The van der Waals surface area contributed by atoms with Crippen LogP contribution in [0.5, 0.6) is 5.75 Å². The lowest BCUT2D eigenvalue weighted by atomic mass is 9.99. The Kier molecular flexibility index (Phi) is 6.21. The van der Waals surface area contributed by atoms with Crippen LogP contribution in [0.2, 0.25) is 0 Å². The van der Waals surface area contributed by atoms with E-state index in [0.717, 1.165) is 38.5 Å². The minimum atomic E-state index is -4.83. The molecule has 2 unspecified atom stereocenters. The summed E-state index contributed by atoms with van der Waals surface area (Å²) >= 11 is 0. The Hall–Kier alpha value is -3.67. The van der Waals surface area contributed by atoms with Gasteiger partial charge in [-0.2, -0.15) is 0 Å². The van der Waals surface area contributed by atoms with Gasteiger partial charge in [0.2, 0.25) is 5.95 Å². The van der Waals surface area contributed by atoms with E-state index in [0.29, 0.717) is 23.0 Å². The topological polar surface area (TPSA) is 111 Å². The fourth-order valence-electron chi connectivity index (χ4n) is 5.57. The van der Waals surface area contributed by atoms with Gasteiger partial charge in [0.15, 0.2) is 0 Å². The molecule has 38 heavy (non-hydrogen) atoms. The van der Waals surface area contributed by atoms with Crippen molar-refractivity contribution in [1.82, 2.24) is 15.1 Å². The lowest BCUT2D eigenvalue weighted by molar-refractivity contribution is -0.274. The van der Waals surface area contributed by atoms with E-state index in [-0.39, 0.29) is 47.6 Å². The van der Waals surface area contributed by atoms with Crippen molar-refractivity contribution in [1.29, 1.82) is 0 Å². The molecule has 2 saturated heterocycles. The van der Waals surface area contributed by atoms with Gasteiger partial charge < -0.3 is 24.0 Å². The van der Waals surface area contributed by atoms with Crippen LogP contribution in [0.4, 0.5) is 19.1 Å². The van der Waals surface area contributed by atoms with Crippen LogP contribution >= 0.6 is 0 Å². The average Bonchev–Trinajstić information content (AvgIpc) is 3.58. The molecular weight excluding hydrogens is 505 g/mol. The van der Waals surface area contributed by atoms with Gasteiger partial charge in [-0.25, -0.2) is 14.8 Å². The van der Waals surface area contributed by atoms with Gasteiger partial charge in [0, 0.05) is 41.5 Å². The number of carbonyl (C=O) groups is 1. The van der Waals surface area contributed by atoms with Crippen LogP contribution in [0.25, 0.3) is 11.3 Å². The number of alkyl halides is 3. The van der Waals surface area contributed by atoms with E-state index in [1.807, 2.05) is 0 Å². The van der Waals surface area contributed by atoms with Crippen LogP contribution in [-0.4, -0.2) is 50.8 Å². The number of fused-ring (bicyclic) bond motifs is 2. The number of benzene rings is 1. The van der Waals surface area contributed by atoms with Crippen molar-refractivity contribution in [2.45, 2.75) is 75.6 Å². The molecule has 200 valence electrons. The van der Waals surface area contributed by atoms with Gasteiger partial charge >= 0.3 is 12.3 Å². The Morgan fingerprint density at radius 1 is 1.08 bits per heavy atom. The van der Waals surface area contributed by atoms with E-state index in [2.05, 4.69) is 24.8 Å². The molecule has 3 aliphatic rings. The zero-order valence-electron chi connectivity index (χ0n) is 20.2. The molecule has 0 radical (unpaired) electrons. The number of ether oxygens (including phenoxy) is 2. The van der Waals surface area contributed by atoms with Crippen LogP contribution < -0.4 is 9.64 Å². The van der Waals surface area contributed by atoms with E-state index in [4.69, 9.17) is 14.4 Å². The number of hydrogen-bond donors (Lipinski definition) is 1. The molecule has 3 aromatic rings. The number of nitrogens with zero attached hydrogens (tertiary/aromatic N) is 4. The number of rotatable bonds is 8. The van der Waals surface area contributed by atoms with E-state index in [1.165, 1.54) is 30.6 Å².